The van der Waals surface area contributed by atoms with Gasteiger partial charge in [0.1, 0.15) is 11.5 Å². The third-order valence-electron chi connectivity index (χ3n) is 9.42. The predicted molar refractivity (Wildman–Crippen MR) is 143 cm³/mol. The van der Waals surface area contributed by atoms with E-state index >= 15 is 0 Å². The van der Waals surface area contributed by atoms with Crippen molar-refractivity contribution in [3.05, 3.63) is 11.8 Å². The van der Waals surface area contributed by atoms with Crippen LogP contribution >= 0.6 is 0 Å². The second-order valence-corrected chi connectivity index (χ2v) is 13.6. The van der Waals surface area contributed by atoms with Crippen molar-refractivity contribution in [1.29, 1.82) is 0 Å². The van der Waals surface area contributed by atoms with Crippen molar-refractivity contribution in [1.82, 2.24) is 0 Å². The monoisotopic (exact) mass is 580 g/mol. The molecule has 4 aliphatic rings. The van der Waals surface area contributed by atoms with Gasteiger partial charge in [-0.1, -0.05) is 0 Å². The van der Waals surface area contributed by atoms with Gasteiger partial charge in [0, 0.05) is 46.7 Å². The Balaban J connectivity index is 0.000000230. The molecule has 0 radical (unpaired) electrons. The van der Waals surface area contributed by atoms with Crippen LogP contribution in [0.3, 0.4) is 0 Å². The van der Waals surface area contributed by atoms with E-state index in [4.69, 9.17) is 9.47 Å². The van der Waals surface area contributed by atoms with Crippen LogP contribution in [0, 0.1) is 35.5 Å². The van der Waals surface area contributed by atoms with Gasteiger partial charge in [-0.3, -0.25) is 4.79 Å². The van der Waals surface area contributed by atoms with Gasteiger partial charge in [-0.2, -0.15) is 21.6 Å². The zero-order valence-electron chi connectivity index (χ0n) is 23.6. The number of halogens is 3. The molecule has 39 heavy (non-hydrogen) atoms. The summed E-state index contributed by atoms with van der Waals surface area (Å²) in [5, 5.41) is 0. The molecule has 3 fully saturated rings. The topological polar surface area (TPSA) is 78.9 Å². The summed E-state index contributed by atoms with van der Waals surface area (Å²) in [6.45, 7) is 1.72. The fourth-order valence-corrected chi connectivity index (χ4v) is 7.61. The molecule has 10 heteroatoms. The molecule has 0 N–H and O–H groups in total. The predicted octanol–water partition coefficient (Wildman–Crippen LogP) is 7.19. The number of rotatable bonds is 8. The summed E-state index contributed by atoms with van der Waals surface area (Å²) in [6, 6.07) is 0. The highest BCUT2D eigenvalue weighted by Crippen LogP contribution is 2.41. The van der Waals surface area contributed by atoms with Gasteiger partial charge in [-0.05, 0) is 119 Å². The molecule has 0 heterocycles. The van der Waals surface area contributed by atoms with E-state index in [0.29, 0.717) is 36.4 Å². The number of ether oxygens (including phenoxy) is 2. The number of methoxy groups -OCH3 is 2. The van der Waals surface area contributed by atoms with E-state index in [-0.39, 0.29) is 12.2 Å². The molecule has 0 spiro atoms. The molecule has 0 bridgehead atoms. The summed E-state index contributed by atoms with van der Waals surface area (Å²) in [6.07, 6.45) is 16.9. The first-order chi connectivity index (χ1) is 18.5. The minimum absolute atomic E-state index is 0.0772. The lowest BCUT2D eigenvalue weighted by atomic mass is 9.71. The molecule has 4 rings (SSSR count). The van der Waals surface area contributed by atoms with Crippen molar-refractivity contribution >= 4 is 15.9 Å². The average molecular weight is 581 g/mol. The lowest BCUT2D eigenvalue weighted by Crippen LogP contribution is -2.27. The van der Waals surface area contributed by atoms with Crippen molar-refractivity contribution in [3.8, 4) is 0 Å². The summed E-state index contributed by atoms with van der Waals surface area (Å²) in [5.41, 5.74) is -5.37. The highest BCUT2D eigenvalue weighted by molar-refractivity contribution is 7.87. The van der Waals surface area contributed by atoms with Crippen LogP contribution in [0.1, 0.15) is 96.3 Å². The van der Waals surface area contributed by atoms with E-state index in [1.165, 1.54) is 44.6 Å². The van der Waals surface area contributed by atoms with Crippen molar-refractivity contribution in [3.63, 3.8) is 0 Å². The Labute approximate surface area is 232 Å². The fourth-order valence-electron chi connectivity index (χ4n) is 7.08. The molecule has 4 aliphatic carbocycles. The Morgan fingerprint density at radius 3 is 1.56 bits per heavy atom. The van der Waals surface area contributed by atoms with E-state index in [1.807, 2.05) is 0 Å². The summed E-state index contributed by atoms with van der Waals surface area (Å²) < 4.78 is 73.5. The van der Waals surface area contributed by atoms with Gasteiger partial charge in [-0.15, -0.1) is 0 Å². The molecule has 0 saturated heterocycles. The zero-order chi connectivity index (χ0) is 28.5. The highest BCUT2D eigenvalue weighted by atomic mass is 32.2. The second kappa shape index (κ2) is 15.2. The van der Waals surface area contributed by atoms with Crippen molar-refractivity contribution in [2.24, 2.45) is 35.5 Å². The molecule has 6 nitrogen and oxygen atoms in total. The van der Waals surface area contributed by atoms with E-state index in [0.717, 1.165) is 69.5 Å². The summed E-state index contributed by atoms with van der Waals surface area (Å²) in [5.74, 6) is 4.52. The number of alkyl halides is 3. The Kier molecular flexibility index (Phi) is 12.6. The largest absolute Gasteiger partial charge is 0.534 e. The minimum Gasteiger partial charge on any atom is -0.384 e. The molecule has 1 unspecified atom stereocenters. The number of hydrogen-bond donors (Lipinski definition) is 0. The Hall–Kier alpha value is -1.13. The lowest BCUT2D eigenvalue weighted by molar-refractivity contribution is -0.121. The van der Waals surface area contributed by atoms with Crippen LogP contribution in [0.15, 0.2) is 11.8 Å². The molecule has 0 aromatic carbocycles. The quantitative estimate of drug-likeness (QED) is 0.223. The van der Waals surface area contributed by atoms with Crippen LogP contribution in [-0.2, 0) is 28.6 Å². The van der Waals surface area contributed by atoms with Crippen LogP contribution in [0.5, 0.6) is 0 Å². The lowest BCUT2D eigenvalue weighted by Gasteiger charge is -2.35. The number of allylic oxidation sites excluding steroid dienone is 2. The molecular weight excluding hydrogens is 533 g/mol. The van der Waals surface area contributed by atoms with E-state index in [1.54, 1.807) is 14.2 Å². The first-order valence-corrected chi connectivity index (χ1v) is 16.1. The Bertz CT molecular complexity index is 877. The number of carbonyl (C=O) groups is 1. The SMILES string of the molecule is COCC1CCC(C2CC=C(OS(=O)(=O)C(F)(F)F)CC2)CC1.COCC1CCC(C2CCC(=O)CC2)CC1. The van der Waals surface area contributed by atoms with Gasteiger partial charge in [0.15, 0.2) is 0 Å². The third-order valence-corrected chi connectivity index (χ3v) is 10.4. The smallest absolute Gasteiger partial charge is 0.384 e. The molecule has 0 amide bonds. The summed E-state index contributed by atoms with van der Waals surface area (Å²) in [7, 11) is -2.03. The van der Waals surface area contributed by atoms with E-state index < -0.39 is 15.6 Å². The Morgan fingerprint density at radius 1 is 0.718 bits per heavy atom. The standard InChI is InChI=1S/C15H23F3O4S.C14H24O2/c1-21-10-11-2-4-12(5-3-11)13-6-8-14(9-7-13)22-23(19,20)15(16,17)18;1-16-10-11-2-4-12(5-3-11)13-6-8-14(15)9-7-13/h8,11-13H,2-7,9-10H2,1H3;11-13H,2-10H2,1H3. The van der Waals surface area contributed by atoms with Crippen LogP contribution in [0.25, 0.3) is 0 Å². The number of Topliss-reactive ketones (excluding diaryl/α,β-unsaturated/α-hetero) is 1. The molecular formula is C29H47F3O6S. The van der Waals surface area contributed by atoms with Gasteiger partial charge in [0.05, 0.1) is 0 Å². The normalized spacial score (nSPS) is 31.2. The molecule has 0 aromatic rings. The maximum absolute atomic E-state index is 12.3. The third kappa shape index (κ3) is 10.0. The minimum atomic E-state index is -5.54. The van der Waals surface area contributed by atoms with Crippen LogP contribution in [0.2, 0.25) is 0 Å². The highest BCUT2D eigenvalue weighted by Gasteiger charge is 2.49. The van der Waals surface area contributed by atoms with Crippen molar-refractivity contribution in [2.75, 3.05) is 27.4 Å². The summed E-state index contributed by atoms with van der Waals surface area (Å²) in [4.78, 5) is 11.2. The maximum atomic E-state index is 12.3. The van der Waals surface area contributed by atoms with Crippen molar-refractivity contribution in [2.45, 2.75) is 102 Å². The van der Waals surface area contributed by atoms with Gasteiger partial charge in [0.2, 0.25) is 0 Å². The number of hydrogen-bond acceptors (Lipinski definition) is 6. The van der Waals surface area contributed by atoms with E-state index in [9.17, 15) is 26.4 Å². The Morgan fingerprint density at radius 2 is 1.15 bits per heavy atom. The zero-order valence-corrected chi connectivity index (χ0v) is 24.4. The first kappa shape index (κ1) is 32.4. The van der Waals surface area contributed by atoms with Gasteiger partial charge in [0.25, 0.3) is 0 Å². The van der Waals surface area contributed by atoms with Gasteiger partial charge >= 0.3 is 15.6 Å². The van der Waals surface area contributed by atoms with Gasteiger partial charge < -0.3 is 13.7 Å². The average Bonchev–Trinajstić information content (AvgIpc) is 2.91. The molecule has 226 valence electrons. The maximum Gasteiger partial charge on any atom is 0.534 e. The van der Waals surface area contributed by atoms with Crippen LogP contribution < -0.4 is 0 Å². The number of carbonyl (C=O) groups excluding carboxylic acids is 1. The fraction of sp³-hybridized carbons (Fsp3) is 0.897. The molecule has 3 saturated carbocycles. The van der Waals surface area contributed by atoms with Crippen LogP contribution in [0.4, 0.5) is 13.2 Å². The summed E-state index contributed by atoms with van der Waals surface area (Å²) >= 11 is 0. The first-order valence-electron chi connectivity index (χ1n) is 14.7. The second-order valence-electron chi connectivity index (χ2n) is 12.0. The van der Waals surface area contributed by atoms with Crippen LogP contribution in [-0.4, -0.2) is 47.1 Å². The molecule has 1 atom stereocenters. The van der Waals surface area contributed by atoms with Crippen molar-refractivity contribution < 1.29 is 40.0 Å². The van der Waals surface area contributed by atoms with Gasteiger partial charge in [-0.25, -0.2) is 0 Å². The molecule has 0 aromatic heterocycles. The number of ketones is 1. The molecule has 0 aliphatic heterocycles. The van der Waals surface area contributed by atoms with E-state index in [2.05, 4.69) is 4.18 Å².